The molecule has 0 aliphatic carbocycles. The number of carbonyl (C=O) groups excluding carboxylic acids is 2. The Balaban J connectivity index is 1.98. The van der Waals surface area contributed by atoms with E-state index in [4.69, 9.17) is 0 Å². The number of aryl methyl sites for hydroxylation is 1. The Bertz CT molecular complexity index is 1100. The summed E-state index contributed by atoms with van der Waals surface area (Å²) in [5.74, 6) is -0.728. The van der Waals surface area contributed by atoms with E-state index in [0.29, 0.717) is 18.5 Å². The van der Waals surface area contributed by atoms with Crippen LogP contribution < -0.4 is 5.32 Å². The largest absolute Gasteiger partial charge is 0.350 e. The number of benzene rings is 3. The normalized spacial score (nSPS) is 12.1. The van der Waals surface area contributed by atoms with Gasteiger partial charge in [0.15, 0.2) is 0 Å². The maximum atomic E-state index is 13.6. The van der Waals surface area contributed by atoms with Crippen LogP contribution in [0.2, 0.25) is 0 Å². The van der Waals surface area contributed by atoms with Gasteiger partial charge in [-0.15, -0.1) is 0 Å². The minimum Gasteiger partial charge on any atom is -0.350 e. The lowest BCUT2D eigenvalue weighted by atomic mass is 9.99. The van der Waals surface area contributed by atoms with Crippen LogP contribution in [0.3, 0.4) is 0 Å². The van der Waals surface area contributed by atoms with Crippen LogP contribution in [0.25, 0.3) is 0 Å². The zero-order valence-electron chi connectivity index (χ0n) is 20.3. The zero-order valence-corrected chi connectivity index (χ0v) is 20.3. The average Bonchev–Trinajstić information content (AvgIpc) is 2.77. The Morgan fingerprint density at radius 1 is 0.882 bits per heavy atom. The van der Waals surface area contributed by atoms with Gasteiger partial charge >= 0.3 is 0 Å². The van der Waals surface area contributed by atoms with Gasteiger partial charge in [0.1, 0.15) is 11.9 Å². The number of rotatable bonds is 8. The predicted octanol–water partition coefficient (Wildman–Crippen LogP) is 5.23. The smallest absolute Gasteiger partial charge is 0.243 e. The fourth-order valence-corrected chi connectivity index (χ4v) is 3.89. The molecule has 3 aromatic carbocycles. The van der Waals surface area contributed by atoms with Crippen molar-refractivity contribution in [2.45, 2.75) is 58.7 Å². The molecule has 1 N–H and O–H groups in total. The van der Waals surface area contributed by atoms with Crippen molar-refractivity contribution in [1.29, 1.82) is 0 Å². The molecule has 3 aromatic rings. The summed E-state index contributed by atoms with van der Waals surface area (Å²) in [6.45, 7) is 8.08. The van der Waals surface area contributed by atoms with Gasteiger partial charge < -0.3 is 10.2 Å². The molecule has 0 aliphatic rings. The molecule has 0 bridgehead atoms. The molecule has 178 valence electrons. The summed E-state index contributed by atoms with van der Waals surface area (Å²) >= 11 is 0. The third-order valence-electron chi connectivity index (χ3n) is 5.47. The Morgan fingerprint density at radius 3 is 2.15 bits per heavy atom. The van der Waals surface area contributed by atoms with Gasteiger partial charge in [0.05, 0.1) is 6.42 Å². The van der Waals surface area contributed by atoms with Crippen molar-refractivity contribution in [1.82, 2.24) is 10.2 Å². The average molecular weight is 461 g/mol. The second-order valence-electron chi connectivity index (χ2n) is 9.76. The highest BCUT2D eigenvalue weighted by atomic mass is 19.1. The molecule has 34 heavy (non-hydrogen) atoms. The standard InChI is InChI=1S/C29H33FN2O2/c1-21-9-8-12-24(17-21)20-32(27(33)19-23-13-15-25(30)16-14-23)26(28(34)31-29(2,3)4)18-22-10-6-5-7-11-22/h5-17,26H,18-20H2,1-4H3,(H,31,34)/t26-/m0/s1. The predicted molar refractivity (Wildman–Crippen MR) is 134 cm³/mol. The first kappa shape index (κ1) is 25.2. The first-order valence-corrected chi connectivity index (χ1v) is 11.6. The maximum Gasteiger partial charge on any atom is 0.243 e. The molecule has 0 fully saturated rings. The van der Waals surface area contributed by atoms with Crippen molar-refractivity contribution in [3.05, 3.63) is 107 Å². The fraction of sp³-hybridized carbons (Fsp3) is 0.310. The van der Waals surface area contributed by atoms with Gasteiger partial charge in [0.2, 0.25) is 11.8 Å². The highest BCUT2D eigenvalue weighted by Crippen LogP contribution is 2.18. The molecular formula is C29H33FN2O2. The molecule has 5 heteroatoms. The van der Waals surface area contributed by atoms with E-state index in [1.807, 2.05) is 82.3 Å². The van der Waals surface area contributed by atoms with E-state index in [1.165, 1.54) is 12.1 Å². The number of hydrogen-bond acceptors (Lipinski definition) is 2. The van der Waals surface area contributed by atoms with Crippen molar-refractivity contribution in [3.63, 3.8) is 0 Å². The van der Waals surface area contributed by atoms with E-state index in [1.54, 1.807) is 17.0 Å². The molecule has 0 saturated carbocycles. The number of amides is 2. The van der Waals surface area contributed by atoms with Crippen LogP contribution in [-0.4, -0.2) is 28.3 Å². The molecular weight excluding hydrogens is 427 g/mol. The van der Waals surface area contributed by atoms with Gasteiger partial charge in [-0.2, -0.15) is 0 Å². The van der Waals surface area contributed by atoms with Crippen LogP contribution in [0.1, 0.15) is 43.0 Å². The van der Waals surface area contributed by atoms with Crippen LogP contribution in [0.4, 0.5) is 4.39 Å². The molecule has 4 nitrogen and oxygen atoms in total. The Morgan fingerprint density at radius 2 is 1.53 bits per heavy atom. The van der Waals surface area contributed by atoms with Gasteiger partial charge in [-0.05, 0) is 56.5 Å². The summed E-state index contributed by atoms with van der Waals surface area (Å²) in [4.78, 5) is 28.8. The molecule has 0 aliphatic heterocycles. The maximum absolute atomic E-state index is 13.6. The number of halogens is 1. The molecule has 0 unspecified atom stereocenters. The Hall–Kier alpha value is -3.47. The second-order valence-corrected chi connectivity index (χ2v) is 9.76. The quantitative estimate of drug-likeness (QED) is 0.500. The van der Waals surface area contributed by atoms with E-state index >= 15 is 0 Å². The zero-order chi connectivity index (χ0) is 24.7. The van der Waals surface area contributed by atoms with E-state index in [2.05, 4.69) is 5.32 Å². The van der Waals surface area contributed by atoms with Crippen molar-refractivity contribution < 1.29 is 14.0 Å². The van der Waals surface area contributed by atoms with Gasteiger partial charge in [-0.1, -0.05) is 72.3 Å². The molecule has 0 heterocycles. The van der Waals surface area contributed by atoms with Gasteiger partial charge in [-0.3, -0.25) is 9.59 Å². The minimum absolute atomic E-state index is 0.0835. The lowest BCUT2D eigenvalue weighted by molar-refractivity contribution is -0.141. The van der Waals surface area contributed by atoms with Crippen LogP contribution in [-0.2, 0) is 29.0 Å². The summed E-state index contributed by atoms with van der Waals surface area (Å²) in [5.41, 5.74) is 3.27. The molecule has 2 amide bonds. The summed E-state index contributed by atoms with van der Waals surface area (Å²) in [6.07, 6.45) is 0.476. The molecule has 0 spiro atoms. The minimum atomic E-state index is -0.699. The lowest BCUT2D eigenvalue weighted by Crippen LogP contribution is -2.54. The van der Waals surface area contributed by atoms with Crippen molar-refractivity contribution in [2.75, 3.05) is 0 Å². The second kappa shape index (κ2) is 11.1. The van der Waals surface area contributed by atoms with Crippen LogP contribution in [0.15, 0.2) is 78.9 Å². The Labute approximate surface area is 201 Å². The van der Waals surface area contributed by atoms with E-state index < -0.39 is 11.6 Å². The SMILES string of the molecule is Cc1cccc(CN(C(=O)Cc2ccc(F)cc2)[C@@H](Cc2ccccc2)C(=O)NC(C)(C)C)c1. The summed E-state index contributed by atoms with van der Waals surface area (Å²) in [6, 6.07) is 22.9. The summed E-state index contributed by atoms with van der Waals surface area (Å²) in [5, 5.41) is 3.06. The fourth-order valence-electron chi connectivity index (χ4n) is 3.89. The third kappa shape index (κ3) is 7.55. The first-order valence-electron chi connectivity index (χ1n) is 11.6. The molecule has 0 aromatic heterocycles. The van der Waals surface area contributed by atoms with E-state index in [-0.39, 0.29) is 24.1 Å². The summed E-state index contributed by atoms with van der Waals surface area (Å²) in [7, 11) is 0. The topological polar surface area (TPSA) is 49.4 Å². The van der Waals surface area contributed by atoms with Gasteiger partial charge in [0, 0.05) is 18.5 Å². The number of hydrogen-bond donors (Lipinski definition) is 1. The van der Waals surface area contributed by atoms with Crippen LogP contribution >= 0.6 is 0 Å². The van der Waals surface area contributed by atoms with Crippen molar-refractivity contribution in [2.24, 2.45) is 0 Å². The van der Waals surface area contributed by atoms with E-state index in [0.717, 1.165) is 16.7 Å². The Kier molecular flexibility index (Phi) is 8.21. The number of carbonyl (C=O) groups is 2. The monoisotopic (exact) mass is 460 g/mol. The lowest BCUT2D eigenvalue weighted by Gasteiger charge is -2.34. The number of nitrogens with one attached hydrogen (secondary N) is 1. The van der Waals surface area contributed by atoms with Crippen molar-refractivity contribution >= 4 is 11.8 Å². The van der Waals surface area contributed by atoms with Gasteiger partial charge in [0.25, 0.3) is 0 Å². The summed E-state index contributed by atoms with van der Waals surface area (Å²) < 4.78 is 13.4. The molecule has 1 atom stereocenters. The van der Waals surface area contributed by atoms with Crippen LogP contribution in [0.5, 0.6) is 0 Å². The highest BCUT2D eigenvalue weighted by molar-refractivity contribution is 5.89. The highest BCUT2D eigenvalue weighted by Gasteiger charge is 2.32. The molecule has 0 saturated heterocycles. The number of nitrogens with zero attached hydrogens (tertiary/aromatic N) is 1. The van der Waals surface area contributed by atoms with Crippen LogP contribution in [0, 0.1) is 12.7 Å². The van der Waals surface area contributed by atoms with E-state index in [9.17, 15) is 14.0 Å². The van der Waals surface area contributed by atoms with Gasteiger partial charge in [-0.25, -0.2) is 4.39 Å². The third-order valence-corrected chi connectivity index (χ3v) is 5.47. The molecule has 0 radical (unpaired) electrons. The van der Waals surface area contributed by atoms with Crippen molar-refractivity contribution in [3.8, 4) is 0 Å². The molecule has 3 rings (SSSR count). The first-order chi connectivity index (χ1) is 16.1.